The van der Waals surface area contributed by atoms with Gasteiger partial charge >= 0.3 is 6.18 Å². The molecule has 1 saturated carbocycles. The summed E-state index contributed by atoms with van der Waals surface area (Å²) in [6.45, 7) is 2.66. The van der Waals surface area contributed by atoms with Gasteiger partial charge in [-0.25, -0.2) is 4.39 Å². The number of carbonyl (C=O) groups excluding carboxylic acids is 1. The Morgan fingerprint density at radius 2 is 1.97 bits per heavy atom. The Bertz CT molecular complexity index is 1320. The maximum atomic E-state index is 14.2. The number of hydrogen-bond donors (Lipinski definition) is 2. The number of rotatable bonds is 3. The van der Waals surface area contributed by atoms with E-state index in [1.807, 2.05) is 0 Å². The smallest absolute Gasteiger partial charge is 0.364 e. The molecule has 2 aromatic heterocycles. The fraction of sp³-hybridized carbons (Fsp3) is 0.348. The van der Waals surface area contributed by atoms with E-state index in [1.54, 1.807) is 0 Å². The first-order valence-corrected chi connectivity index (χ1v) is 10.6. The molecule has 0 saturated heterocycles. The van der Waals surface area contributed by atoms with Gasteiger partial charge in [0.15, 0.2) is 5.43 Å². The van der Waals surface area contributed by atoms with Crippen LogP contribution in [-0.2, 0) is 0 Å². The molecular formula is C23H20ClF4N3O2. The molecule has 1 fully saturated rings. The van der Waals surface area contributed by atoms with Crippen molar-refractivity contribution in [2.75, 3.05) is 0 Å². The molecule has 174 valence electrons. The molecule has 3 aromatic rings. The molecule has 10 heteroatoms. The molecular weight excluding hydrogens is 462 g/mol. The lowest BCUT2D eigenvalue weighted by atomic mass is 9.75. The van der Waals surface area contributed by atoms with E-state index in [0.29, 0.717) is 5.56 Å². The van der Waals surface area contributed by atoms with Gasteiger partial charge in [0, 0.05) is 23.9 Å². The van der Waals surface area contributed by atoms with Crippen LogP contribution in [0, 0.1) is 17.2 Å². The van der Waals surface area contributed by atoms with Gasteiger partial charge in [-0.15, -0.1) is 0 Å². The molecule has 0 unspecified atom stereocenters. The molecule has 0 aliphatic heterocycles. The van der Waals surface area contributed by atoms with Gasteiger partial charge in [0.05, 0.1) is 21.3 Å². The molecule has 1 aliphatic rings. The van der Waals surface area contributed by atoms with Gasteiger partial charge in [0.1, 0.15) is 11.5 Å². The van der Waals surface area contributed by atoms with Crippen molar-refractivity contribution in [2.24, 2.45) is 17.1 Å². The number of nitrogens with two attached hydrogens (primary N) is 1. The van der Waals surface area contributed by atoms with Gasteiger partial charge in [-0.1, -0.05) is 31.5 Å². The second-order valence-corrected chi connectivity index (χ2v) is 9.16. The van der Waals surface area contributed by atoms with Crippen molar-refractivity contribution in [2.45, 2.75) is 38.3 Å². The average molecular weight is 482 g/mol. The predicted octanol–water partition coefficient (Wildman–Crippen LogP) is 5.29. The monoisotopic (exact) mass is 481 g/mol. The molecule has 0 spiro atoms. The first-order chi connectivity index (χ1) is 15.3. The van der Waals surface area contributed by atoms with Crippen LogP contribution in [0.3, 0.4) is 0 Å². The van der Waals surface area contributed by atoms with E-state index in [2.05, 4.69) is 9.97 Å². The summed E-state index contributed by atoms with van der Waals surface area (Å²) in [5.41, 5.74) is 3.41. The molecule has 4 atom stereocenters. The molecule has 3 N–H and O–H groups in total. The Kier molecular flexibility index (Phi) is 5.51. The summed E-state index contributed by atoms with van der Waals surface area (Å²) in [6.07, 6.45) is -3.52. The largest absolute Gasteiger partial charge is 0.394 e. The van der Waals surface area contributed by atoms with Gasteiger partial charge < -0.3 is 10.7 Å². The highest BCUT2D eigenvalue weighted by Gasteiger charge is 2.62. The minimum atomic E-state index is -4.51. The molecule has 1 aliphatic carbocycles. The summed E-state index contributed by atoms with van der Waals surface area (Å²) in [5.74, 6) is -3.93. The highest BCUT2D eigenvalue weighted by Crippen LogP contribution is 2.63. The molecule has 33 heavy (non-hydrogen) atoms. The first kappa shape index (κ1) is 23.2. The number of alkyl halides is 3. The maximum Gasteiger partial charge on any atom is 0.394 e. The van der Waals surface area contributed by atoms with Gasteiger partial charge in [-0.3, -0.25) is 14.6 Å². The fourth-order valence-corrected chi connectivity index (χ4v) is 5.23. The second-order valence-electron chi connectivity index (χ2n) is 8.75. The number of aromatic amines is 1. The summed E-state index contributed by atoms with van der Waals surface area (Å²) in [7, 11) is 0. The van der Waals surface area contributed by atoms with E-state index in [9.17, 15) is 27.2 Å². The molecule has 4 rings (SSSR count). The Balaban J connectivity index is 1.93. The number of primary amides is 1. The third kappa shape index (κ3) is 3.68. The van der Waals surface area contributed by atoms with Gasteiger partial charge in [-0.2, -0.15) is 13.2 Å². The van der Waals surface area contributed by atoms with Crippen molar-refractivity contribution in [3.8, 4) is 0 Å². The number of H-pyrrole nitrogens is 1. The lowest BCUT2D eigenvalue weighted by molar-refractivity contribution is -0.229. The normalized spacial score (nSPS) is 25.5. The quantitative estimate of drug-likeness (QED) is 0.498. The lowest BCUT2D eigenvalue weighted by Gasteiger charge is -2.33. The molecule has 5 nitrogen and oxygen atoms in total. The van der Waals surface area contributed by atoms with Crippen molar-refractivity contribution in [3.63, 3.8) is 0 Å². The third-order valence-corrected chi connectivity index (χ3v) is 7.28. The van der Waals surface area contributed by atoms with E-state index >= 15 is 0 Å². The minimum Gasteiger partial charge on any atom is -0.364 e. The highest BCUT2D eigenvalue weighted by atomic mass is 35.5. The topological polar surface area (TPSA) is 88.8 Å². The van der Waals surface area contributed by atoms with Crippen molar-refractivity contribution >= 4 is 28.4 Å². The number of halogens is 5. The zero-order valence-corrected chi connectivity index (χ0v) is 18.4. The number of nitrogens with zero attached hydrogens (tertiary/aromatic N) is 1. The Morgan fingerprint density at radius 3 is 2.58 bits per heavy atom. The van der Waals surface area contributed by atoms with E-state index in [4.69, 9.17) is 17.3 Å². The zero-order valence-electron chi connectivity index (χ0n) is 17.6. The molecule has 0 bridgehead atoms. The van der Waals surface area contributed by atoms with Crippen LogP contribution in [0.4, 0.5) is 17.6 Å². The van der Waals surface area contributed by atoms with Gasteiger partial charge in [0.25, 0.3) is 5.91 Å². The first-order valence-electron chi connectivity index (χ1n) is 10.2. The SMILES string of the molecule is C[C@H]1[C@@H](c2ccc(F)c(Cl)c2)[C@H](c2cc(=O)c3c(C(N)=O)nccc3[nH]2)C[C@@]1(C)C(F)(F)F. The number of nitrogens with one attached hydrogen (secondary N) is 1. The zero-order chi connectivity index (χ0) is 24.3. The van der Waals surface area contributed by atoms with Crippen LogP contribution in [0.15, 0.2) is 41.3 Å². The third-order valence-electron chi connectivity index (χ3n) is 6.99. The lowest BCUT2D eigenvalue weighted by Crippen LogP contribution is -2.38. The van der Waals surface area contributed by atoms with Crippen LogP contribution < -0.4 is 11.2 Å². The van der Waals surface area contributed by atoms with Crippen LogP contribution in [0.25, 0.3) is 10.9 Å². The number of aromatic nitrogens is 2. The Morgan fingerprint density at radius 1 is 1.27 bits per heavy atom. The number of benzene rings is 1. The van der Waals surface area contributed by atoms with Crippen molar-refractivity contribution in [1.29, 1.82) is 0 Å². The highest BCUT2D eigenvalue weighted by molar-refractivity contribution is 6.30. The number of carbonyl (C=O) groups is 1. The van der Waals surface area contributed by atoms with Crippen molar-refractivity contribution in [3.05, 3.63) is 74.5 Å². The van der Waals surface area contributed by atoms with E-state index < -0.39 is 46.5 Å². The maximum absolute atomic E-state index is 14.2. The number of fused-ring (bicyclic) bond motifs is 1. The number of amides is 1. The van der Waals surface area contributed by atoms with E-state index in [-0.39, 0.29) is 33.7 Å². The van der Waals surface area contributed by atoms with Gasteiger partial charge in [0.2, 0.25) is 0 Å². The van der Waals surface area contributed by atoms with Crippen molar-refractivity contribution in [1.82, 2.24) is 9.97 Å². The molecule has 1 aromatic carbocycles. The van der Waals surface area contributed by atoms with Crippen LogP contribution in [-0.4, -0.2) is 22.1 Å². The number of pyridine rings is 2. The molecule has 1 amide bonds. The average Bonchev–Trinajstić information content (AvgIpc) is 3.01. The van der Waals surface area contributed by atoms with Crippen LogP contribution in [0.5, 0.6) is 0 Å². The van der Waals surface area contributed by atoms with Crippen LogP contribution in [0.1, 0.15) is 53.8 Å². The summed E-state index contributed by atoms with van der Waals surface area (Å²) in [4.78, 5) is 31.5. The summed E-state index contributed by atoms with van der Waals surface area (Å²) in [6, 6.07) is 6.53. The van der Waals surface area contributed by atoms with E-state index in [1.165, 1.54) is 37.4 Å². The van der Waals surface area contributed by atoms with Crippen molar-refractivity contribution < 1.29 is 22.4 Å². The standard InChI is InChI=1S/C23H20ClF4N3O2/c1-10-18(11-3-4-14(25)13(24)7-11)12(9-22(10,2)23(26,27)28)16-8-17(32)19-15(31-16)5-6-30-20(19)21(29)33/h3-8,10,12,18H,9H2,1-2H3,(H2,29,33)(H,31,32)/t10-,12-,18-,22+/m0/s1. The summed E-state index contributed by atoms with van der Waals surface area (Å²) < 4.78 is 56.3. The minimum absolute atomic E-state index is 0.0280. The Labute approximate surface area is 191 Å². The summed E-state index contributed by atoms with van der Waals surface area (Å²) in [5, 5.41) is -0.219. The Hall–Kier alpha value is -2.94. The predicted molar refractivity (Wildman–Crippen MR) is 116 cm³/mol. The van der Waals surface area contributed by atoms with Gasteiger partial charge in [-0.05, 0) is 42.0 Å². The van der Waals surface area contributed by atoms with Crippen LogP contribution in [0.2, 0.25) is 5.02 Å². The molecule has 2 heterocycles. The second kappa shape index (κ2) is 7.83. The summed E-state index contributed by atoms with van der Waals surface area (Å²) >= 11 is 5.94. The van der Waals surface area contributed by atoms with E-state index in [0.717, 1.165) is 13.0 Å². The van der Waals surface area contributed by atoms with Crippen LogP contribution >= 0.6 is 11.6 Å². The molecule has 0 radical (unpaired) electrons. The number of hydrogen-bond acceptors (Lipinski definition) is 3. The fourth-order valence-electron chi connectivity index (χ4n) is 5.04.